The van der Waals surface area contributed by atoms with E-state index >= 15 is 0 Å². The highest BCUT2D eigenvalue weighted by Gasteiger charge is 2.14. The summed E-state index contributed by atoms with van der Waals surface area (Å²) in [6.45, 7) is 0. The van der Waals surface area contributed by atoms with Crippen LogP contribution in [0, 0.1) is 0 Å². The third-order valence-corrected chi connectivity index (χ3v) is 4.26. The van der Waals surface area contributed by atoms with Crippen LogP contribution in [-0.2, 0) is 15.6 Å². The van der Waals surface area contributed by atoms with E-state index in [1.54, 1.807) is 31.4 Å². The Balaban J connectivity index is 1.88. The van der Waals surface area contributed by atoms with E-state index in [4.69, 9.17) is 9.26 Å². The number of benzene rings is 2. The first-order valence-corrected chi connectivity index (χ1v) is 9.26. The molecule has 0 unspecified atom stereocenters. The van der Waals surface area contributed by atoms with Crippen LogP contribution in [0.2, 0.25) is 0 Å². The predicted molar refractivity (Wildman–Crippen MR) is 90.3 cm³/mol. The second kappa shape index (κ2) is 6.45. The summed E-state index contributed by atoms with van der Waals surface area (Å²) in [5.74, 6) is 1.46. The van der Waals surface area contributed by atoms with Gasteiger partial charge in [0.05, 0.1) is 18.4 Å². The molecule has 3 rings (SSSR count). The first kappa shape index (κ1) is 16.2. The SMILES string of the molecule is COc1ccccc1-c1noc(-c2ccc(CS(C)(=O)=O)cc2)n1. The molecule has 7 heteroatoms. The highest BCUT2D eigenvalue weighted by atomic mass is 32.2. The Hall–Kier alpha value is -2.67. The Morgan fingerprint density at radius 2 is 1.79 bits per heavy atom. The molecule has 0 bridgehead atoms. The van der Waals surface area contributed by atoms with Gasteiger partial charge in [-0.1, -0.05) is 29.4 Å². The van der Waals surface area contributed by atoms with Gasteiger partial charge in [-0.25, -0.2) is 8.42 Å². The molecular weight excluding hydrogens is 328 g/mol. The van der Waals surface area contributed by atoms with E-state index in [0.717, 1.165) is 11.1 Å². The Bertz CT molecular complexity index is 947. The molecule has 24 heavy (non-hydrogen) atoms. The van der Waals surface area contributed by atoms with Crippen molar-refractivity contribution in [3.05, 3.63) is 54.1 Å². The van der Waals surface area contributed by atoms with Crippen LogP contribution < -0.4 is 4.74 Å². The smallest absolute Gasteiger partial charge is 0.258 e. The van der Waals surface area contributed by atoms with Crippen molar-refractivity contribution < 1.29 is 17.7 Å². The summed E-state index contributed by atoms with van der Waals surface area (Å²) in [7, 11) is -1.48. The second-order valence-electron chi connectivity index (χ2n) is 5.39. The minimum Gasteiger partial charge on any atom is -0.496 e. The molecule has 0 aliphatic carbocycles. The van der Waals surface area contributed by atoms with Crippen LogP contribution in [0.15, 0.2) is 53.1 Å². The fourth-order valence-corrected chi connectivity index (χ4v) is 3.12. The molecule has 0 saturated heterocycles. The van der Waals surface area contributed by atoms with E-state index < -0.39 is 9.84 Å². The lowest BCUT2D eigenvalue weighted by atomic mass is 10.1. The summed E-state index contributed by atoms with van der Waals surface area (Å²) < 4.78 is 33.3. The number of ether oxygens (including phenoxy) is 1. The number of nitrogens with zero attached hydrogens (tertiary/aromatic N) is 2. The van der Waals surface area contributed by atoms with Crippen molar-refractivity contribution in [3.8, 4) is 28.6 Å². The number of para-hydroxylation sites is 1. The molecule has 0 fully saturated rings. The lowest BCUT2D eigenvalue weighted by molar-refractivity contribution is 0.413. The van der Waals surface area contributed by atoms with Crippen molar-refractivity contribution >= 4 is 9.84 Å². The van der Waals surface area contributed by atoms with Crippen LogP contribution >= 0.6 is 0 Å². The van der Waals surface area contributed by atoms with Crippen LogP contribution in [0.5, 0.6) is 5.75 Å². The summed E-state index contributed by atoms with van der Waals surface area (Å²) >= 11 is 0. The fourth-order valence-electron chi connectivity index (χ4n) is 2.33. The first-order chi connectivity index (χ1) is 11.5. The lowest BCUT2D eigenvalue weighted by Crippen LogP contribution is -2.00. The highest BCUT2D eigenvalue weighted by Crippen LogP contribution is 2.29. The molecule has 2 aromatic carbocycles. The van der Waals surface area contributed by atoms with Crippen LogP contribution in [0.3, 0.4) is 0 Å². The van der Waals surface area contributed by atoms with Gasteiger partial charge in [-0.3, -0.25) is 0 Å². The molecule has 0 aliphatic rings. The fraction of sp³-hybridized carbons (Fsp3) is 0.176. The largest absolute Gasteiger partial charge is 0.496 e. The zero-order valence-electron chi connectivity index (χ0n) is 13.3. The number of rotatable bonds is 5. The Labute approximate surface area is 140 Å². The average molecular weight is 344 g/mol. The summed E-state index contributed by atoms with van der Waals surface area (Å²) in [6.07, 6.45) is 1.21. The van der Waals surface area contributed by atoms with Crippen molar-refractivity contribution in [3.63, 3.8) is 0 Å². The number of hydrogen-bond acceptors (Lipinski definition) is 6. The molecule has 0 amide bonds. The summed E-state index contributed by atoms with van der Waals surface area (Å²) in [4.78, 5) is 4.39. The number of aromatic nitrogens is 2. The predicted octanol–water partition coefficient (Wildman–Crippen LogP) is 2.96. The maximum atomic E-state index is 11.3. The van der Waals surface area contributed by atoms with E-state index in [0.29, 0.717) is 23.0 Å². The minimum absolute atomic E-state index is 0.00355. The Morgan fingerprint density at radius 3 is 2.46 bits per heavy atom. The molecule has 0 saturated carbocycles. The second-order valence-corrected chi connectivity index (χ2v) is 7.53. The van der Waals surface area contributed by atoms with Gasteiger partial charge in [0.1, 0.15) is 5.75 Å². The maximum Gasteiger partial charge on any atom is 0.258 e. The molecule has 0 atom stereocenters. The van der Waals surface area contributed by atoms with Gasteiger partial charge < -0.3 is 9.26 Å². The zero-order chi connectivity index (χ0) is 17.2. The van der Waals surface area contributed by atoms with E-state index in [1.807, 2.05) is 24.3 Å². The topological polar surface area (TPSA) is 82.3 Å². The highest BCUT2D eigenvalue weighted by molar-refractivity contribution is 7.89. The summed E-state index contributed by atoms with van der Waals surface area (Å²) in [6, 6.07) is 14.4. The van der Waals surface area contributed by atoms with Crippen molar-refractivity contribution in [2.75, 3.05) is 13.4 Å². The van der Waals surface area contributed by atoms with Gasteiger partial charge in [-0.2, -0.15) is 4.98 Å². The van der Waals surface area contributed by atoms with Crippen LogP contribution in [0.4, 0.5) is 0 Å². The molecule has 1 heterocycles. The van der Waals surface area contributed by atoms with Gasteiger partial charge in [0.15, 0.2) is 9.84 Å². The van der Waals surface area contributed by atoms with Crippen LogP contribution in [-0.4, -0.2) is 31.9 Å². The van der Waals surface area contributed by atoms with Gasteiger partial charge >= 0.3 is 0 Å². The Morgan fingerprint density at radius 1 is 1.08 bits per heavy atom. The lowest BCUT2D eigenvalue weighted by Gasteiger charge is -2.03. The third kappa shape index (κ3) is 3.62. The van der Waals surface area contributed by atoms with Crippen LogP contribution in [0.25, 0.3) is 22.8 Å². The van der Waals surface area contributed by atoms with E-state index in [1.165, 1.54) is 6.26 Å². The number of sulfone groups is 1. The van der Waals surface area contributed by atoms with E-state index in [-0.39, 0.29) is 5.75 Å². The average Bonchev–Trinajstić information content (AvgIpc) is 3.04. The summed E-state index contributed by atoms with van der Waals surface area (Å²) in [5, 5.41) is 3.99. The molecule has 0 N–H and O–H groups in total. The van der Waals surface area contributed by atoms with Crippen LogP contribution in [0.1, 0.15) is 5.56 Å². The van der Waals surface area contributed by atoms with E-state index in [9.17, 15) is 8.42 Å². The Kier molecular flexibility index (Phi) is 4.35. The summed E-state index contributed by atoms with van der Waals surface area (Å²) in [5.41, 5.74) is 2.18. The quantitative estimate of drug-likeness (QED) is 0.708. The maximum absolute atomic E-state index is 11.3. The zero-order valence-corrected chi connectivity index (χ0v) is 14.1. The van der Waals surface area contributed by atoms with Gasteiger partial charge in [0, 0.05) is 11.8 Å². The number of methoxy groups -OCH3 is 1. The normalized spacial score (nSPS) is 11.4. The van der Waals surface area contributed by atoms with E-state index in [2.05, 4.69) is 10.1 Å². The third-order valence-electron chi connectivity index (χ3n) is 3.40. The van der Waals surface area contributed by atoms with Crippen molar-refractivity contribution in [2.45, 2.75) is 5.75 Å². The molecule has 1 aromatic heterocycles. The first-order valence-electron chi connectivity index (χ1n) is 7.20. The molecule has 0 radical (unpaired) electrons. The molecule has 0 aliphatic heterocycles. The van der Waals surface area contributed by atoms with Gasteiger partial charge in [0.2, 0.25) is 5.82 Å². The van der Waals surface area contributed by atoms with Gasteiger partial charge in [0.25, 0.3) is 5.89 Å². The molecule has 124 valence electrons. The van der Waals surface area contributed by atoms with Gasteiger partial charge in [-0.05, 0) is 29.8 Å². The molecule has 6 nitrogen and oxygen atoms in total. The monoisotopic (exact) mass is 344 g/mol. The van der Waals surface area contributed by atoms with Gasteiger partial charge in [-0.15, -0.1) is 0 Å². The molecule has 3 aromatic rings. The molecule has 0 spiro atoms. The van der Waals surface area contributed by atoms with Crippen molar-refractivity contribution in [1.82, 2.24) is 10.1 Å². The minimum atomic E-state index is -3.06. The van der Waals surface area contributed by atoms with Crippen molar-refractivity contribution in [2.24, 2.45) is 0 Å². The standard InChI is InChI=1S/C17H16N2O4S/c1-22-15-6-4-3-5-14(15)16-18-17(23-19-16)13-9-7-12(8-10-13)11-24(2,20)21/h3-10H,11H2,1-2H3. The van der Waals surface area contributed by atoms with Crippen molar-refractivity contribution in [1.29, 1.82) is 0 Å². The molecular formula is C17H16N2O4S. The number of hydrogen-bond donors (Lipinski definition) is 0.